The van der Waals surface area contributed by atoms with Gasteiger partial charge in [0.1, 0.15) is 11.6 Å². The predicted octanol–water partition coefficient (Wildman–Crippen LogP) is 2.76. The lowest BCUT2D eigenvalue weighted by Crippen LogP contribution is -2.72. The van der Waals surface area contributed by atoms with Gasteiger partial charge in [-0.05, 0) is 38.9 Å². The van der Waals surface area contributed by atoms with Crippen LogP contribution in [-0.4, -0.2) is 113 Å². The summed E-state index contributed by atoms with van der Waals surface area (Å²) in [7, 11) is 2.03. The third kappa shape index (κ3) is 9.90. The first kappa shape index (κ1) is 32.7. The van der Waals surface area contributed by atoms with Crippen molar-refractivity contribution in [2.45, 2.75) is 50.3 Å². The fourth-order valence-electron chi connectivity index (χ4n) is 4.05. The van der Waals surface area contributed by atoms with E-state index in [0.717, 1.165) is 39.0 Å². The first-order valence-electron chi connectivity index (χ1n) is 11.6. The van der Waals surface area contributed by atoms with Crippen molar-refractivity contribution in [2.24, 2.45) is 0 Å². The number of aryl methyl sites for hydroxylation is 1. The zero-order chi connectivity index (χ0) is 29.6. The zero-order valence-electron chi connectivity index (χ0n) is 21.0. The maximum atomic E-state index is 12.7. The number of hydrogen-bond acceptors (Lipinski definition) is 8. The van der Waals surface area contributed by atoms with Gasteiger partial charge in [-0.3, -0.25) is 19.4 Å². The highest BCUT2D eigenvalue weighted by atomic mass is 32.1. The van der Waals surface area contributed by atoms with Crippen LogP contribution in [0, 0.1) is 6.92 Å². The summed E-state index contributed by atoms with van der Waals surface area (Å²) in [5.41, 5.74) is -0.111. The molecule has 1 aromatic rings. The van der Waals surface area contributed by atoms with Crippen molar-refractivity contribution in [1.82, 2.24) is 14.9 Å². The smallest absolute Gasteiger partial charge is 0.475 e. The molecule has 0 aliphatic carbocycles. The Morgan fingerprint density at radius 3 is 2.00 bits per heavy atom. The average Bonchev–Trinajstić information content (AvgIpc) is 3.22. The molecule has 1 unspecified atom stereocenters. The van der Waals surface area contributed by atoms with Gasteiger partial charge in [-0.2, -0.15) is 26.3 Å². The standard InChI is InChI=1S/C18H27N3O3S.2C2HF3O2/c1-14-5-6-15(25-14)9-20-12-18(13-20)11-19(2)16(10-23-18)17(22)21-7-3-4-8-24-21;2*3-2(4,5)1(6)7/h5-6,16H,3-4,7-13H2,1-2H3;2*(H,6,7). The number of aliphatic carboxylic acids is 2. The third-order valence-electron chi connectivity index (χ3n) is 5.83. The molecule has 1 aromatic heterocycles. The van der Waals surface area contributed by atoms with Gasteiger partial charge in [0.25, 0.3) is 5.91 Å². The first-order valence-corrected chi connectivity index (χ1v) is 12.4. The average molecular weight is 594 g/mol. The summed E-state index contributed by atoms with van der Waals surface area (Å²) in [6.07, 6.45) is -8.12. The van der Waals surface area contributed by atoms with Crippen LogP contribution in [0.1, 0.15) is 22.6 Å². The van der Waals surface area contributed by atoms with Crippen LogP contribution in [0.15, 0.2) is 12.1 Å². The number of carboxylic acids is 2. The number of amides is 1. The number of halogens is 6. The molecule has 1 amide bonds. The molecule has 2 N–H and O–H groups in total. The van der Waals surface area contributed by atoms with E-state index in [4.69, 9.17) is 29.4 Å². The molecule has 3 fully saturated rings. The SMILES string of the molecule is Cc1ccc(CN2CC3(C2)CN(C)C(C(=O)N2CCCCO2)CO3)s1.O=C(O)C(F)(F)F.O=C(O)C(F)(F)F. The number of carbonyl (C=O) groups excluding carboxylic acids is 1. The highest BCUT2D eigenvalue weighted by molar-refractivity contribution is 7.11. The fraction of sp³-hybridized carbons (Fsp3) is 0.682. The Labute approximate surface area is 223 Å². The Kier molecular flexibility index (Phi) is 11.1. The Hall–Kier alpha value is -2.47. The van der Waals surface area contributed by atoms with E-state index < -0.39 is 24.3 Å². The van der Waals surface area contributed by atoms with Crippen LogP contribution in [0.2, 0.25) is 0 Å². The molecule has 222 valence electrons. The highest BCUT2D eigenvalue weighted by Crippen LogP contribution is 2.33. The largest absolute Gasteiger partial charge is 0.490 e. The monoisotopic (exact) mass is 593 g/mol. The molecular weight excluding hydrogens is 564 g/mol. The van der Waals surface area contributed by atoms with E-state index in [2.05, 4.69) is 28.9 Å². The number of carbonyl (C=O) groups is 3. The van der Waals surface area contributed by atoms with E-state index in [-0.39, 0.29) is 17.6 Å². The molecule has 0 saturated carbocycles. The minimum atomic E-state index is -5.08. The van der Waals surface area contributed by atoms with E-state index in [1.165, 1.54) is 14.8 Å². The number of likely N-dealkylation sites (N-methyl/N-ethyl adjacent to an activating group) is 1. The lowest BCUT2D eigenvalue weighted by molar-refractivity contribution is -0.224. The predicted molar refractivity (Wildman–Crippen MR) is 124 cm³/mol. The number of hydrogen-bond donors (Lipinski definition) is 2. The number of carboxylic acid groups (broad SMARTS) is 2. The maximum absolute atomic E-state index is 12.7. The molecule has 0 radical (unpaired) electrons. The number of hydroxylamine groups is 2. The quantitative estimate of drug-likeness (QED) is 0.510. The molecule has 3 saturated heterocycles. The number of alkyl halides is 6. The number of morpholine rings is 1. The van der Waals surface area contributed by atoms with Crippen molar-refractivity contribution in [3.8, 4) is 0 Å². The molecule has 1 spiro atoms. The van der Waals surface area contributed by atoms with Crippen molar-refractivity contribution >= 4 is 29.2 Å². The van der Waals surface area contributed by atoms with Gasteiger partial charge in [0.05, 0.1) is 13.2 Å². The summed E-state index contributed by atoms with van der Waals surface area (Å²) < 4.78 is 69.7. The van der Waals surface area contributed by atoms with E-state index in [1.54, 1.807) is 0 Å². The Morgan fingerprint density at radius 2 is 1.59 bits per heavy atom. The van der Waals surface area contributed by atoms with Crippen molar-refractivity contribution in [2.75, 3.05) is 46.4 Å². The van der Waals surface area contributed by atoms with Crippen LogP contribution >= 0.6 is 11.3 Å². The second-order valence-corrected chi connectivity index (χ2v) is 10.5. The normalized spacial score (nSPS) is 21.6. The first-order chi connectivity index (χ1) is 17.9. The molecule has 4 heterocycles. The molecule has 39 heavy (non-hydrogen) atoms. The Bertz CT molecular complexity index is 968. The Morgan fingerprint density at radius 1 is 1.03 bits per heavy atom. The van der Waals surface area contributed by atoms with Gasteiger partial charge in [0.15, 0.2) is 0 Å². The number of ether oxygens (including phenoxy) is 1. The fourth-order valence-corrected chi connectivity index (χ4v) is 4.99. The molecular formula is C22H29F6N3O7S. The summed E-state index contributed by atoms with van der Waals surface area (Å²) in [5, 5.41) is 15.8. The van der Waals surface area contributed by atoms with Crippen LogP contribution in [0.4, 0.5) is 26.3 Å². The Balaban J connectivity index is 0.000000317. The number of thiophene rings is 1. The third-order valence-corrected chi connectivity index (χ3v) is 6.82. The minimum Gasteiger partial charge on any atom is -0.475 e. The molecule has 0 aromatic carbocycles. The summed E-state index contributed by atoms with van der Waals surface area (Å²) in [5.74, 6) is -5.47. The van der Waals surface area contributed by atoms with Crippen LogP contribution in [0.3, 0.4) is 0 Å². The van der Waals surface area contributed by atoms with Gasteiger partial charge < -0.3 is 14.9 Å². The van der Waals surface area contributed by atoms with E-state index >= 15 is 0 Å². The highest BCUT2D eigenvalue weighted by Gasteiger charge is 2.50. The van der Waals surface area contributed by atoms with Crippen molar-refractivity contribution < 1.29 is 60.5 Å². The zero-order valence-corrected chi connectivity index (χ0v) is 21.9. The van der Waals surface area contributed by atoms with Crippen LogP contribution in [0.25, 0.3) is 0 Å². The second-order valence-electron chi connectivity index (χ2n) is 9.17. The lowest BCUT2D eigenvalue weighted by atomic mass is 9.90. The van der Waals surface area contributed by atoms with Crippen LogP contribution < -0.4 is 0 Å². The molecule has 3 aliphatic heterocycles. The van der Waals surface area contributed by atoms with E-state index in [1.807, 2.05) is 18.4 Å². The van der Waals surface area contributed by atoms with Crippen LogP contribution in [-0.2, 0) is 30.5 Å². The summed E-state index contributed by atoms with van der Waals surface area (Å²) in [4.78, 5) is 43.3. The summed E-state index contributed by atoms with van der Waals surface area (Å²) >= 11 is 1.86. The molecule has 17 heteroatoms. The molecule has 0 bridgehead atoms. The van der Waals surface area contributed by atoms with E-state index in [9.17, 15) is 31.1 Å². The van der Waals surface area contributed by atoms with Gasteiger partial charge in [-0.1, -0.05) is 0 Å². The topological polar surface area (TPSA) is 120 Å². The summed E-state index contributed by atoms with van der Waals surface area (Å²) in [6.45, 7) is 7.63. The van der Waals surface area contributed by atoms with Crippen molar-refractivity contribution in [3.63, 3.8) is 0 Å². The molecule has 10 nitrogen and oxygen atoms in total. The minimum absolute atomic E-state index is 0.0438. The molecule has 1 atom stereocenters. The summed E-state index contributed by atoms with van der Waals surface area (Å²) in [6, 6.07) is 4.17. The van der Waals surface area contributed by atoms with Gasteiger partial charge in [-0.15, -0.1) is 11.3 Å². The van der Waals surface area contributed by atoms with Gasteiger partial charge in [0.2, 0.25) is 0 Å². The van der Waals surface area contributed by atoms with Gasteiger partial charge in [-0.25, -0.2) is 14.7 Å². The number of nitrogens with zero attached hydrogens (tertiary/aromatic N) is 3. The number of rotatable bonds is 3. The maximum Gasteiger partial charge on any atom is 0.490 e. The van der Waals surface area contributed by atoms with Gasteiger partial charge >= 0.3 is 24.3 Å². The van der Waals surface area contributed by atoms with Crippen molar-refractivity contribution in [3.05, 3.63) is 21.9 Å². The van der Waals surface area contributed by atoms with Gasteiger partial charge in [0, 0.05) is 42.5 Å². The van der Waals surface area contributed by atoms with Crippen molar-refractivity contribution in [1.29, 1.82) is 0 Å². The number of likely N-dealkylation sites (tertiary alicyclic amines) is 1. The lowest BCUT2D eigenvalue weighted by Gasteiger charge is -2.55. The second kappa shape index (κ2) is 13.3. The molecule has 3 aliphatic rings. The molecule has 4 rings (SSSR count). The van der Waals surface area contributed by atoms with Crippen LogP contribution in [0.5, 0.6) is 0 Å². The van der Waals surface area contributed by atoms with E-state index in [0.29, 0.717) is 19.8 Å².